The van der Waals surface area contributed by atoms with Gasteiger partial charge in [0.2, 0.25) is 0 Å². The summed E-state index contributed by atoms with van der Waals surface area (Å²) in [5, 5.41) is 0. The van der Waals surface area contributed by atoms with Crippen molar-refractivity contribution in [2.45, 2.75) is 31.6 Å². The molecule has 21 heavy (non-hydrogen) atoms. The van der Waals surface area contributed by atoms with E-state index >= 15 is 0 Å². The highest BCUT2D eigenvalue weighted by Crippen LogP contribution is 2.19. The first kappa shape index (κ1) is 17.2. The van der Waals surface area contributed by atoms with E-state index in [1.54, 1.807) is 13.8 Å². The molecular formula is C15H19NO4S. The molecule has 0 radical (unpaired) electrons. The number of carbonyl (C=O) groups excluding carboxylic acids is 2. The first-order valence-corrected chi connectivity index (χ1v) is 7.56. The summed E-state index contributed by atoms with van der Waals surface area (Å²) in [5.41, 5.74) is 0.235. The fraction of sp³-hybridized carbons (Fsp3) is 0.400. The predicted molar refractivity (Wildman–Crippen MR) is 82.2 cm³/mol. The molecule has 0 aliphatic rings. The summed E-state index contributed by atoms with van der Waals surface area (Å²) in [6, 6.07) is 9.46. The van der Waals surface area contributed by atoms with Crippen molar-refractivity contribution in [3.63, 3.8) is 0 Å². The van der Waals surface area contributed by atoms with Crippen molar-refractivity contribution in [2.24, 2.45) is 4.40 Å². The van der Waals surface area contributed by atoms with Crippen molar-refractivity contribution in [2.75, 3.05) is 13.2 Å². The van der Waals surface area contributed by atoms with E-state index in [0.29, 0.717) is 6.61 Å². The molecule has 0 saturated heterocycles. The SMILES string of the molecule is CCOC(=O)CC/C(=N\Sc1ccccc1)C(=O)OCC. The zero-order valence-electron chi connectivity index (χ0n) is 12.2. The lowest BCUT2D eigenvalue weighted by molar-refractivity contribution is -0.142. The Balaban J connectivity index is 2.67. The van der Waals surface area contributed by atoms with E-state index in [2.05, 4.69) is 4.40 Å². The molecule has 6 heteroatoms. The normalized spacial score (nSPS) is 11.0. The van der Waals surface area contributed by atoms with Gasteiger partial charge in [-0.1, -0.05) is 18.2 Å². The summed E-state index contributed by atoms with van der Waals surface area (Å²) in [6.07, 6.45) is 0.318. The van der Waals surface area contributed by atoms with Crippen molar-refractivity contribution in [1.29, 1.82) is 0 Å². The quantitative estimate of drug-likeness (QED) is 0.419. The molecule has 0 bridgehead atoms. The summed E-state index contributed by atoms with van der Waals surface area (Å²) in [6.45, 7) is 4.06. The first-order chi connectivity index (χ1) is 10.2. The van der Waals surface area contributed by atoms with E-state index in [9.17, 15) is 9.59 Å². The molecule has 114 valence electrons. The summed E-state index contributed by atoms with van der Waals surface area (Å²) in [7, 11) is 0. The molecule has 0 fully saturated rings. The Morgan fingerprint density at radius 1 is 1.05 bits per heavy atom. The van der Waals surface area contributed by atoms with Crippen molar-refractivity contribution >= 4 is 29.6 Å². The lowest BCUT2D eigenvalue weighted by Gasteiger charge is -2.06. The number of rotatable bonds is 8. The Morgan fingerprint density at radius 2 is 1.71 bits per heavy atom. The average molecular weight is 309 g/mol. The van der Waals surface area contributed by atoms with E-state index in [1.165, 1.54) is 11.9 Å². The standard InChI is InChI=1S/C15H19NO4S/c1-3-19-14(17)11-10-13(15(18)20-4-2)16-21-12-8-6-5-7-9-12/h5-9H,3-4,10-11H2,1-2H3/b16-13+. The fourth-order valence-electron chi connectivity index (χ4n) is 1.44. The topological polar surface area (TPSA) is 65.0 Å². The van der Waals surface area contributed by atoms with Crippen LogP contribution in [-0.4, -0.2) is 30.9 Å². The van der Waals surface area contributed by atoms with Gasteiger partial charge < -0.3 is 9.47 Å². The lowest BCUT2D eigenvalue weighted by atomic mass is 10.2. The number of ether oxygens (including phenoxy) is 2. The predicted octanol–water partition coefficient (Wildman–Crippen LogP) is 3.04. The Labute approximate surface area is 128 Å². The van der Waals surface area contributed by atoms with Gasteiger partial charge in [0.1, 0.15) is 5.71 Å². The summed E-state index contributed by atoms with van der Waals surface area (Å²) >= 11 is 1.18. The number of nitrogens with zero attached hydrogens (tertiary/aromatic N) is 1. The van der Waals surface area contributed by atoms with Crippen molar-refractivity contribution < 1.29 is 19.1 Å². The van der Waals surface area contributed by atoms with Gasteiger partial charge in [0.05, 0.1) is 19.6 Å². The Morgan fingerprint density at radius 3 is 2.33 bits per heavy atom. The minimum absolute atomic E-state index is 0.112. The molecule has 5 nitrogen and oxygen atoms in total. The van der Waals surface area contributed by atoms with Crippen LogP contribution in [0.15, 0.2) is 39.6 Å². The van der Waals surface area contributed by atoms with Crippen LogP contribution in [0.5, 0.6) is 0 Å². The Hall–Kier alpha value is -1.82. The second kappa shape index (κ2) is 9.99. The minimum atomic E-state index is -0.495. The number of esters is 2. The maximum atomic E-state index is 11.8. The highest BCUT2D eigenvalue weighted by Gasteiger charge is 2.15. The molecule has 1 aromatic carbocycles. The molecule has 1 aromatic rings. The van der Waals surface area contributed by atoms with Crippen molar-refractivity contribution in [1.82, 2.24) is 0 Å². The molecule has 0 aliphatic carbocycles. The molecule has 0 spiro atoms. The van der Waals surface area contributed by atoms with E-state index in [-0.39, 0.29) is 31.1 Å². The third kappa shape index (κ3) is 6.94. The van der Waals surface area contributed by atoms with Crippen LogP contribution < -0.4 is 0 Å². The van der Waals surface area contributed by atoms with Gasteiger partial charge in [-0.3, -0.25) is 4.79 Å². The Bertz CT molecular complexity index is 488. The Kier molecular flexibility index (Phi) is 8.19. The second-order valence-electron chi connectivity index (χ2n) is 3.97. The number of hydrogen-bond donors (Lipinski definition) is 0. The van der Waals surface area contributed by atoms with E-state index in [0.717, 1.165) is 4.90 Å². The maximum absolute atomic E-state index is 11.8. The smallest absolute Gasteiger partial charge is 0.353 e. The lowest BCUT2D eigenvalue weighted by Crippen LogP contribution is -2.19. The molecule has 0 saturated carbocycles. The van der Waals surface area contributed by atoms with E-state index in [4.69, 9.17) is 9.47 Å². The molecular weight excluding hydrogens is 290 g/mol. The third-order valence-electron chi connectivity index (χ3n) is 2.39. The summed E-state index contributed by atoms with van der Waals surface area (Å²) < 4.78 is 14.0. The average Bonchev–Trinajstić information content (AvgIpc) is 2.48. The number of hydrogen-bond acceptors (Lipinski definition) is 6. The third-order valence-corrected chi connectivity index (χ3v) is 3.18. The maximum Gasteiger partial charge on any atom is 0.353 e. The molecule has 0 amide bonds. The van der Waals surface area contributed by atoms with Crippen LogP contribution in [0, 0.1) is 0 Å². The van der Waals surface area contributed by atoms with E-state index in [1.807, 2.05) is 30.3 Å². The van der Waals surface area contributed by atoms with Gasteiger partial charge in [-0.05, 0) is 26.0 Å². The molecule has 0 aromatic heterocycles. The van der Waals surface area contributed by atoms with Gasteiger partial charge in [0.15, 0.2) is 0 Å². The van der Waals surface area contributed by atoms with Gasteiger partial charge in [-0.15, -0.1) is 0 Å². The van der Waals surface area contributed by atoms with Gasteiger partial charge in [0.25, 0.3) is 0 Å². The van der Waals surface area contributed by atoms with Crippen molar-refractivity contribution in [3.05, 3.63) is 30.3 Å². The number of carbonyl (C=O) groups is 2. The van der Waals surface area contributed by atoms with Crippen LogP contribution in [0.3, 0.4) is 0 Å². The summed E-state index contributed by atoms with van der Waals surface area (Å²) in [4.78, 5) is 24.1. The van der Waals surface area contributed by atoms with Gasteiger partial charge in [0, 0.05) is 23.3 Å². The molecule has 0 heterocycles. The van der Waals surface area contributed by atoms with Crippen LogP contribution in [0.2, 0.25) is 0 Å². The van der Waals surface area contributed by atoms with Crippen LogP contribution in [0.4, 0.5) is 0 Å². The second-order valence-corrected chi connectivity index (χ2v) is 4.80. The largest absolute Gasteiger partial charge is 0.466 e. The van der Waals surface area contributed by atoms with Crippen LogP contribution in [-0.2, 0) is 19.1 Å². The van der Waals surface area contributed by atoms with Crippen LogP contribution in [0.1, 0.15) is 26.7 Å². The highest BCUT2D eigenvalue weighted by molar-refractivity contribution is 7.98. The zero-order chi connectivity index (χ0) is 15.5. The minimum Gasteiger partial charge on any atom is -0.466 e. The van der Waals surface area contributed by atoms with Gasteiger partial charge in [-0.25, -0.2) is 9.19 Å². The first-order valence-electron chi connectivity index (χ1n) is 6.79. The zero-order valence-corrected chi connectivity index (χ0v) is 13.0. The fourth-order valence-corrected chi connectivity index (χ4v) is 2.10. The molecule has 0 aliphatic heterocycles. The van der Waals surface area contributed by atoms with Crippen molar-refractivity contribution in [3.8, 4) is 0 Å². The molecule has 0 N–H and O–H groups in total. The number of benzene rings is 1. The molecule has 0 atom stereocenters. The van der Waals surface area contributed by atoms with Crippen LogP contribution >= 0.6 is 11.9 Å². The van der Waals surface area contributed by atoms with Gasteiger partial charge in [-0.2, -0.15) is 0 Å². The highest BCUT2D eigenvalue weighted by atomic mass is 32.2. The van der Waals surface area contributed by atoms with Gasteiger partial charge >= 0.3 is 11.9 Å². The molecule has 1 rings (SSSR count). The summed E-state index contributed by atoms with van der Waals surface area (Å²) in [5.74, 6) is -0.843. The monoisotopic (exact) mass is 309 g/mol. The van der Waals surface area contributed by atoms with E-state index < -0.39 is 5.97 Å². The molecule has 0 unspecified atom stereocenters. The van der Waals surface area contributed by atoms with Crippen LogP contribution in [0.25, 0.3) is 0 Å².